The number of hydrogen-bond donors (Lipinski definition) is 1. The quantitative estimate of drug-likeness (QED) is 0.239. The third-order valence-electron chi connectivity index (χ3n) is 8.40. The van der Waals surface area contributed by atoms with Gasteiger partial charge in [0.05, 0.1) is 6.04 Å². The fourth-order valence-corrected chi connectivity index (χ4v) is 5.66. The molecule has 4 atom stereocenters. The molecule has 2 heterocycles. The lowest BCUT2D eigenvalue weighted by Gasteiger charge is -2.38. The summed E-state index contributed by atoms with van der Waals surface area (Å²) >= 11 is 0. The van der Waals surface area contributed by atoms with Gasteiger partial charge in [0.2, 0.25) is 0 Å². The smallest absolute Gasteiger partial charge is 0.422 e. The largest absolute Gasteiger partial charge is 0.492 e. The van der Waals surface area contributed by atoms with Crippen molar-refractivity contribution in [3.8, 4) is 11.5 Å². The van der Waals surface area contributed by atoms with Crippen molar-refractivity contribution in [2.75, 3.05) is 74.2 Å². The second kappa shape index (κ2) is 19.0. The highest BCUT2D eigenvalue weighted by Gasteiger charge is 2.37. The third-order valence-corrected chi connectivity index (χ3v) is 8.40. The van der Waals surface area contributed by atoms with E-state index in [1.807, 2.05) is 38.1 Å². The molecule has 1 N–H and O–H groups in total. The fourth-order valence-electron chi connectivity index (χ4n) is 5.66. The summed E-state index contributed by atoms with van der Waals surface area (Å²) in [5.41, 5.74) is 2.13. The molecule has 12 heteroatoms. The van der Waals surface area contributed by atoms with E-state index < -0.39 is 30.7 Å². The number of carbonyl (C=O) groups excluding carboxylic acids is 2. The highest BCUT2D eigenvalue weighted by atomic mass is 19.4. The Balaban J connectivity index is 0.000000284. The van der Waals surface area contributed by atoms with Gasteiger partial charge in [0.15, 0.2) is 6.61 Å². The van der Waals surface area contributed by atoms with Gasteiger partial charge in [-0.3, -0.25) is 4.79 Å². The molecule has 0 saturated carbocycles. The zero-order valence-electron chi connectivity index (χ0n) is 29.2. The number of piperidine rings is 2. The van der Waals surface area contributed by atoms with Gasteiger partial charge in [-0.1, -0.05) is 38.1 Å². The van der Waals surface area contributed by atoms with E-state index in [2.05, 4.69) is 54.2 Å². The number of ether oxygens (including phenoxy) is 3. The molecule has 0 radical (unpaired) electrons. The molecular weight excluding hydrogens is 625 g/mol. The molecule has 2 aliphatic heterocycles. The van der Waals surface area contributed by atoms with Crippen LogP contribution >= 0.6 is 0 Å². The first-order chi connectivity index (χ1) is 22.7. The van der Waals surface area contributed by atoms with E-state index in [9.17, 15) is 22.8 Å². The van der Waals surface area contributed by atoms with Crippen LogP contribution in [0.25, 0.3) is 0 Å². The molecule has 268 valence electrons. The summed E-state index contributed by atoms with van der Waals surface area (Å²) in [5.74, 6) is 0.0141. The van der Waals surface area contributed by atoms with Crippen molar-refractivity contribution in [1.29, 1.82) is 0 Å². The maximum atomic E-state index is 12.5. The minimum atomic E-state index is -4.68. The fraction of sp³-hybridized carbons (Fsp3) is 0.611. The number of hydrogen-bond acceptors (Lipinski definition) is 8. The number of nitrogens with one attached hydrogen (secondary N) is 1. The summed E-state index contributed by atoms with van der Waals surface area (Å²) in [7, 11) is 7.99. The summed E-state index contributed by atoms with van der Waals surface area (Å²) in [5, 5.41) is 3.62. The first-order valence-corrected chi connectivity index (χ1v) is 16.7. The van der Waals surface area contributed by atoms with Crippen molar-refractivity contribution >= 4 is 11.9 Å². The van der Waals surface area contributed by atoms with Crippen LogP contribution in [0.4, 0.5) is 13.2 Å². The number of nitrogens with zero attached hydrogens (tertiary/aromatic N) is 3. The van der Waals surface area contributed by atoms with Crippen molar-refractivity contribution in [2.45, 2.75) is 57.8 Å². The first-order valence-electron chi connectivity index (χ1n) is 16.7. The van der Waals surface area contributed by atoms with E-state index in [0.717, 1.165) is 49.9 Å². The van der Waals surface area contributed by atoms with Gasteiger partial charge in [0.25, 0.3) is 0 Å². The van der Waals surface area contributed by atoms with Crippen LogP contribution in [0.1, 0.15) is 62.7 Å². The van der Waals surface area contributed by atoms with Crippen molar-refractivity contribution in [3.05, 3.63) is 59.7 Å². The Kier molecular flexibility index (Phi) is 15.5. The SMILES string of the molecule is C[C@H]1CC[C@H](c2cccc(OCCN(C)C)c2)N(C(=O)C(=O)OCC(F)(F)F)C1.C[C@H]1CC[C@H](c2cccc(OCCN(C)C)c2)NC1. The zero-order chi connectivity index (χ0) is 35.3. The van der Waals surface area contributed by atoms with Crippen LogP contribution in [0.3, 0.4) is 0 Å². The molecule has 0 spiro atoms. The van der Waals surface area contributed by atoms with E-state index in [-0.39, 0.29) is 12.5 Å². The molecule has 2 aliphatic rings. The molecular formula is C36H53F3N4O5. The topological polar surface area (TPSA) is 83.6 Å². The Labute approximate surface area is 283 Å². The average Bonchev–Trinajstić information content (AvgIpc) is 3.03. The molecule has 0 aliphatic carbocycles. The van der Waals surface area contributed by atoms with Crippen LogP contribution in [0.2, 0.25) is 0 Å². The lowest BCUT2D eigenvalue weighted by atomic mass is 9.89. The standard InChI is InChI=1S/C20H27F3N2O4.C16H26N2O/c1-14-7-8-17(15-5-4-6-16(11-15)28-10-9-24(2)3)25(12-14)18(26)19(27)29-13-20(21,22)23;1-13-7-8-16(17-12-13)14-5-4-6-15(11-14)19-10-9-18(2)3/h4-6,11,14,17H,7-10,12-13H2,1-3H3;4-6,11,13,16-17H,7-10,12H2,1-3H3/t14-,17+;13-,16+/m00/s1. The van der Waals surface area contributed by atoms with Gasteiger partial charge in [-0.15, -0.1) is 0 Å². The number of amides is 1. The number of likely N-dealkylation sites (tertiary alicyclic amines) is 1. The third kappa shape index (κ3) is 13.6. The lowest BCUT2D eigenvalue weighted by molar-refractivity contribution is -0.190. The summed E-state index contributed by atoms with van der Waals surface area (Å²) in [4.78, 5) is 29.9. The number of likely N-dealkylation sites (N-methyl/N-ethyl adjacent to an activating group) is 2. The summed E-state index contributed by atoms with van der Waals surface area (Å²) < 4.78 is 52.6. The zero-order valence-corrected chi connectivity index (χ0v) is 29.2. The Morgan fingerprint density at radius 3 is 1.94 bits per heavy atom. The summed E-state index contributed by atoms with van der Waals surface area (Å²) in [6.07, 6.45) is -0.715. The Bertz CT molecular complexity index is 1280. The van der Waals surface area contributed by atoms with Gasteiger partial charge in [-0.05, 0) is 108 Å². The van der Waals surface area contributed by atoms with Gasteiger partial charge in [0, 0.05) is 25.7 Å². The summed E-state index contributed by atoms with van der Waals surface area (Å²) in [6.45, 7) is 6.77. The first kappa shape index (κ1) is 39.1. The van der Waals surface area contributed by atoms with Crippen LogP contribution in [0.15, 0.2) is 48.5 Å². The highest BCUT2D eigenvalue weighted by molar-refractivity contribution is 6.32. The van der Waals surface area contributed by atoms with Crippen LogP contribution < -0.4 is 14.8 Å². The van der Waals surface area contributed by atoms with Crippen LogP contribution in [0.5, 0.6) is 11.5 Å². The maximum absolute atomic E-state index is 12.5. The second-order valence-corrected chi connectivity index (χ2v) is 13.4. The number of alkyl halides is 3. The minimum absolute atomic E-state index is 0.130. The number of benzene rings is 2. The summed E-state index contributed by atoms with van der Waals surface area (Å²) in [6, 6.07) is 15.8. The molecule has 0 bridgehead atoms. The van der Waals surface area contributed by atoms with Gasteiger partial charge in [-0.25, -0.2) is 4.79 Å². The molecule has 2 saturated heterocycles. The van der Waals surface area contributed by atoms with Gasteiger partial charge in [0.1, 0.15) is 24.7 Å². The van der Waals surface area contributed by atoms with Gasteiger partial charge < -0.3 is 34.2 Å². The highest BCUT2D eigenvalue weighted by Crippen LogP contribution is 2.35. The average molecular weight is 679 g/mol. The molecule has 2 aromatic rings. The van der Waals surface area contributed by atoms with Crippen LogP contribution in [0, 0.1) is 11.8 Å². The maximum Gasteiger partial charge on any atom is 0.422 e. The van der Waals surface area contributed by atoms with Crippen molar-refractivity contribution in [2.24, 2.45) is 11.8 Å². The minimum Gasteiger partial charge on any atom is -0.492 e. The van der Waals surface area contributed by atoms with Crippen molar-refractivity contribution in [3.63, 3.8) is 0 Å². The predicted molar refractivity (Wildman–Crippen MR) is 180 cm³/mol. The number of halogens is 3. The normalized spacial score (nSPS) is 21.4. The number of esters is 1. The lowest BCUT2D eigenvalue weighted by Crippen LogP contribution is -2.45. The predicted octanol–water partition coefficient (Wildman–Crippen LogP) is 5.72. The van der Waals surface area contributed by atoms with E-state index >= 15 is 0 Å². The second-order valence-electron chi connectivity index (χ2n) is 13.4. The molecule has 0 unspecified atom stereocenters. The molecule has 4 rings (SSSR count). The van der Waals surface area contributed by atoms with E-state index in [4.69, 9.17) is 9.47 Å². The molecule has 2 aromatic carbocycles. The Morgan fingerprint density at radius 1 is 0.833 bits per heavy atom. The van der Waals surface area contributed by atoms with Crippen molar-refractivity contribution < 1.29 is 37.0 Å². The number of carbonyl (C=O) groups is 2. The molecule has 0 aromatic heterocycles. The Morgan fingerprint density at radius 2 is 1.40 bits per heavy atom. The molecule has 48 heavy (non-hydrogen) atoms. The van der Waals surface area contributed by atoms with Gasteiger partial charge in [-0.2, -0.15) is 13.2 Å². The van der Waals surface area contributed by atoms with Crippen molar-refractivity contribution in [1.82, 2.24) is 20.0 Å². The Hall–Kier alpha value is -3.35. The number of rotatable bonds is 11. The van der Waals surface area contributed by atoms with Crippen LogP contribution in [-0.2, 0) is 14.3 Å². The van der Waals surface area contributed by atoms with E-state index in [0.29, 0.717) is 24.8 Å². The van der Waals surface area contributed by atoms with E-state index in [1.165, 1.54) is 23.3 Å². The monoisotopic (exact) mass is 678 g/mol. The van der Waals surface area contributed by atoms with E-state index in [1.54, 1.807) is 18.2 Å². The molecule has 1 amide bonds. The molecule has 2 fully saturated rings. The van der Waals surface area contributed by atoms with Gasteiger partial charge >= 0.3 is 18.1 Å². The molecule has 9 nitrogen and oxygen atoms in total. The van der Waals surface area contributed by atoms with Crippen LogP contribution in [-0.4, -0.2) is 107 Å².